The first-order chi connectivity index (χ1) is 15.3. The molecule has 0 bridgehead atoms. The lowest BCUT2D eigenvalue weighted by Crippen LogP contribution is -2.47. The van der Waals surface area contributed by atoms with Crippen molar-refractivity contribution in [3.05, 3.63) is 29.9 Å². The van der Waals surface area contributed by atoms with E-state index in [2.05, 4.69) is 30.4 Å². The van der Waals surface area contributed by atoms with Gasteiger partial charge in [-0.05, 0) is 25.7 Å². The third-order valence-electron chi connectivity index (χ3n) is 5.12. The molecule has 2 aromatic rings. The molecule has 174 valence electrons. The molecule has 32 heavy (non-hydrogen) atoms. The summed E-state index contributed by atoms with van der Waals surface area (Å²) < 4.78 is 5.38. The zero-order valence-electron chi connectivity index (χ0n) is 17.5. The van der Waals surface area contributed by atoms with Crippen LogP contribution < -0.4 is 22.5 Å². The number of carbonyl (C=O) groups is 2. The van der Waals surface area contributed by atoms with Gasteiger partial charge in [0.15, 0.2) is 11.8 Å². The highest BCUT2D eigenvalue weighted by Crippen LogP contribution is 2.22. The lowest BCUT2D eigenvalue weighted by atomic mass is 10.1. The van der Waals surface area contributed by atoms with Crippen LogP contribution in [0.4, 0.5) is 4.79 Å². The highest BCUT2D eigenvalue weighted by atomic mass is 16.5. The number of carboxylic acids is 1. The first-order valence-corrected chi connectivity index (χ1v) is 10.3. The van der Waals surface area contributed by atoms with Gasteiger partial charge in [0.1, 0.15) is 12.1 Å². The molecule has 2 amide bonds. The predicted octanol–water partition coefficient (Wildman–Crippen LogP) is -0.611. The van der Waals surface area contributed by atoms with Gasteiger partial charge >= 0.3 is 12.0 Å². The highest BCUT2D eigenvalue weighted by Gasteiger charge is 2.35. The predicted molar refractivity (Wildman–Crippen MR) is 112 cm³/mol. The number of hydrogen-bond acceptors (Lipinski definition) is 8. The molecular formula is C18H28N10O4. The standard InChI is InChI=1S/C18H28N10O4/c19-11(7-10-8-22-9-24-10)14-26-15(32-27-14)12(3-1-5-23-17(20)21)25-18(31)28-6-2-4-13(28)16(29)30/h8-9,11-13H,1-7,19H2,(H,22,24)(H,25,31)(H,29,30)(H4,20,21,23)/t11-,12-,13?/m0/s1. The van der Waals surface area contributed by atoms with Crippen molar-refractivity contribution in [2.75, 3.05) is 13.1 Å². The van der Waals surface area contributed by atoms with Gasteiger partial charge in [0.05, 0.1) is 12.4 Å². The molecule has 1 fully saturated rings. The van der Waals surface area contributed by atoms with Crippen LogP contribution in [0.1, 0.15) is 55.2 Å². The Labute approximate surface area is 183 Å². The van der Waals surface area contributed by atoms with Crippen molar-refractivity contribution < 1.29 is 19.2 Å². The Kier molecular flexibility index (Phi) is 7.59. The van der Waals surface area contributed by atoms with E-state index in [1.54, 1.807) is 12.5 Å². The minimum absolute atomic E-state index is 0.0307. The number of carboxylic acid groups (broad SMARTS) is 1. The van der Waals surface area contributed by atoms with Gasteiger partial charge in [-0.15, -0.1) is 0 Å². The monoisotopic (exact) mass is 448 g/mol. The molecular weight excluding hydrogens is 420 g/mol. The Bertz CT molecular complexity index is 924. The zero-order chi connectivity index (χ0) is 23.1. The quantitative estimate of drug-likeness (QED) is 0.153. The molecule has 1 unspecified atom stereocenters. The van der Waals surface area contributed by atoms with E-state index in [9.17, 15) is 14.7 Å². The second-order valence-electron chi connectivity index (χ2n) is 7.52. The van der Waals surface area contributed by atoms with E-state index in [0.717, 1.165) is 5.69 Å². The summed E-state index contributed by atoms with van der Waals surface area (Å²) in [7, 11) is 0. The smallest absolute Gasteiger partial charge is 0.326 e. The van der Waals surface area contributed by atoms with Crippen LogP contribution in [-0.2, 0) is 11.2 Å². The number of H-pyrrole nitrogens is 1. The average molecular weight is 448 g/mol. The summed E-state index contributed by atoms with van der Waals surface area (Å²) >= 11 is 0. The van der Waals surface area contributed by atoms with Crippen LogP contribution in [0.3, 0.4) is 0 Å². The number of carbonyl (C=O) groups excluding carboxylic acids is 1. The molecule has 1 aliphatic heterocycles. The van der Waals surface area contributed by atoms with Crippen LogP contribution in [0.2, 0.25) is 0 Å². The molecule has 0 aliphatic carbocycles. The number of nitrogens with zero attached hydrogens (tertiary/aromatic N) is 5. The summed E-state index contributed by atoms with van der Waals surface area (Å²) in [6, 6.07) is -2.57. The number of aromatic amines is 1. The molecule has 0 aromatic carbocycles. The first-order valence-electron chi connectivity index (χ1n) is 10.3. The van der Waals surface area contributed by atoms with Gasteiger partial charge < -0.3 is 42.0 Å². The Balaban J connectivity index is 1.70. The second-order valence-corrected chi connectivity index (χ2v) is 7.52. The van der Waals surface area contributed by atoms with E-state index >= 15 is 0 Å². The van der Waals surface area contributed by atoms with E-state index in [1.807, 2.05) is 0 Å². The van der Waals surface area contributed by atoms with Crippen LogP contribution in [0.25, 0.3) is 0 Å². The molecule has 0 spiro atoms. The number of urea groups is 1. The molecule has 0 saturated carbocycles. The van der Waals surface area contributed by atoms with Gasteiger partial charge in [-0.2, -0.15) is 4.98 Å². The lowest BCUT2D eigenvalue weighted by Gasteiger charge is -2.24. The van der Waals surface area contributed by atoms with E-state index in [4.69, 9.17) is 21.7 Å². The Morgan fingerprint density at radius 1 is 1.44 bits per heavy atom. The number of rotatable bonds is 10. The van der Waals surface area contributed by atoms with Crippen molar-refractivity contribution in [3.8, 4) is 0 Å². The molecule has 3 rings (SSSR count). The van der Waals surface area contributed by atoms with Crippen LogP contribution in [-0.4, -0.2) is 67.2 Å². The molecule has 14 heteroatoms. The molecule has 14 nitrogen and oxygen atoms in total. The van der Waals surface area contributed by atoms with Crippen molar-refractivity contribution in [2.24, 2.45) is 22.2 Å². The molecule has 1 saturated heterocycles. The summed E-state index contributed by atoms with van der Waals surface area (Å²) in [5.74, 6) is -0.615. The third-order valence-corrected chi connectivity index (χ3v) is 5.12. The second kappa shape index (κ2) is 10.6. The van der Waals surface area contributed by atoms with Crippen molar-refractivity contribution in [2.45, 2.75) is 50.2 Å². The highest BCUT2D eigenvalue weighted by molar-refractivity contribution is 5.83. The fourth-order valence-corrected chi connectivity index (χ4v) is 3.52. The summed E-state index contributed by atoms with van der Waals surface area (Å²) in [6.07, 6.45) is 5.57. The van der Waals surface area contributed by atoms with Crippen LogP contribution >= 0.6 is 0 Å². The van der Waals surface area contributed by atoms with Gasteiger partial charge in [-0.25, -0.2) is 14.6 Å². The number of hydrogen-bond donors (Lipinski definition) is 6. The summed E-state index contributed by atoms with van der Waals surface area (Å²) in [5.41, 5.74) is 17.7. The number of nitrogens with two attached hydrogens (primary N) is 3. The van der Waals surface area contributed by atoms with Gasteiger partial charge in [0.25, 0.3) is 0 Å². The number of imidazole rings is 1. The van der Waals surface area contributed by atoms with Crippen molar-refractivity contribution >= 4 is 18.0 Å². The molecule has 9 N–H and O–H groups in total. The number of likely N-dealkylation sites (tertiary alicyclic amines) is 1. The van der Waals surface area contributed by atoms with Crippen molar-refractivity contribution in [1.82, 2.24) is 30.3 Å². The number of aromatic nitrogens is 4. The average Bonchev–Trinajstić information content (AvgIpc) is 3.51. The maximum atomic E-state index is 12.8. The molecule has 3 atom stereocenters. The Morgan fingerprint density at radius 2 is 2.25 bits per heavy atom. The van der Waals surface area contributed by atoms with E-state index in [0.29, 0.717) is 45.2 Å². The minimum atomic E-state index is -1.04. The van der Waals surface area contributed by atoms with E-state index < -0.39 is 30.1 Å². The number of amides is 2. The maximum Gasteiger partial charge on any atom is 0.326 e. The summed E-state index contributed by atoms with van der Waals surface area (Å²) in [5, 5.41) is 16.1. The summed E-state index contributed by atoms with van der Waals surface area (Å²) in [6.45, 7) is 0.699. The number of guanidine groups is 1. The first kappa shape index (κ1) is 23.0. The molecule has 3 heterocycles. The SMILES string of the molecule is NC(N)=NCCC[C@H](NC(=O)N1CCCC1C(=O)O)c1nc([C@@H](N)Cc2cnc[nH]2)no1. The van der Waals surface area contributed by atoms with Gasteiger partial charge in [0.2, 0.25) is 5.89 Å². The number of nitrogens with one attached hydrogen (secondary N) is 2. The number of aliphatic imine (C=N–C) groups is 1. The molecule has 2 aromatic heterocycles. The van der Waals surface area contributed by atoms with E-state index in [1.165, 1.54) is 4.90 Å². The third kappa shape index (κ3) is 5.94. The fourth-order valence-electron chi connectivity index (χ4n) is 3.52. The lowest BCUT2D eigenvalue weighted by molar-refractivity contribution is -0.141. The number of aliphatic carboxylic acids is 1. The fraction of sp³-hybridized carbons (Fsp3) is 0.556. The van der Waals surface area contributed by atoms with Gasteiger partial charge in [-0.3, -0.25) is 4.99 Å². The minimum Gasteiger partial charge on any atom is -0.480 e. The topological polar surface area (TPSA) is 228 Å². The molecule has 0 radical (unpaired) electrons. The summed E-state index contributed by atoms with van der Waals surface area (Å²) in [4.78, 5) is 40.7. The molecule has 1 aliphatic rings. The Hall–Kier alpha value is -3.68. The van der Waals surface area contributed by atoms with Crippen LogP contribution in [0.15, 0.2) is 22.0 Å². The maximum absolute atomic E-state index is 12.8. The van der Waals surface area contributed by atoms with Crippen LogP contribution in [0, 0.1) is 0 Å². The van der Waals surface area contributed by atoms with Gasteiger partial charge in [-0.1, -0.05) is 5.16 Å². The Morgan fingerprint density at radius 3 is 2.94 bits per heavy atom. The van der Waals surface area contributed by atoms with Crippen LogP contribution in [0.5, 0.6) is 0 Å². The zero-order valence-corrected chi connectivity index (χ0v) is 17.5. The van der Waals surface area contributed by atoms with Crippen molar-refractivity contribution in [1.29, 1.82) is 0 Å². The van der Waals surface area contributed by atoms with E-state index in [-0.39, 0.29) is 17.7 Å². The normalized spacial score (nSPS) is 17.7. The largest absolute Gasteiger partial charge is 0.480 e. The van der Waals surface area contributed by atoms with Crippen molar-refractivity contribution in [3.63, 3.8) is 0 Å². The van der Waals surface area contributed by atoms with Gasteiger partial charge in [0, 0.05) is 31.4 Å².